The summed E-state index contributed by atoms with van der Waals surface area (Å²) in [4.78, 5) is 23.8. The number of rotatable bonds is 6. The highest BCUT2D eigenvalue weighted by Crippen LogP contribution is 2.20. The maximum absolute atomic E-state index is 11.9. The number of amides is 2. The fraction of sp³-hybridized carbons (Fsp3) is 0.263. The van der Waals surface area contributed by atoms with Gasteiger partial charge in [-0.05, 0) is 48.6 Å². The molecule has 1 aromatic carbocycles. The Kier molecular flexibility index (Phi) is 5.11. The molecule has 124 valence electrons. The second-order valence-corrected chi connectivity index (χ2v) is 5.87. The second kappa shape index (κ2) is 7.64. The lowest BCUT2D eigenvalue weighted by Gasteiger charge is -2.09. The summed E-state index contributed by atoms with van der Waals surface area (Å²) in [5, 5.41) is 5.69. The molecule has 0 bridgehead atoms. The van der Waals surface area contributed by atoms with Gasteiger partial charge in [-0.3, -0.25) is 9.59 Å². The van der Waals surface area contributed by atoms with E-state index in [1.807, 2.05) is 24.3 Å². The monoisotopic (exact) mass is 324 g/mol. The highest BCUT2D eigenvalue weighted by molar-refractivity contribution is 6.02. The van der Waals surface area contributed by atoms with Crippen molar-refractivity contribution < 1.29 is 14.0 Å². The molecule has 0 aliphatic heterocycles. The molecule has 24 heavy (non-hydrogen) atoms. The second-order valence-electron chi connectivity index (χ2n) is 5.87. The van der Waals surface area contributed by atoms with Crippen molar-refractivity contribution in [1.29, 1.82) is 0 Å². The summed E-state index contributed by atoms with van der Waals surface area (Å²) in [5.74, 6) is 0.434. The first-order valence-corrected chi connectivity index (χ1v) is 8.08. The third-order valence-electron chi connectivity index (χ3n) is 4.01. The van der Waals surface area contributed by atoms with Crippen molar-refractivity contribution in [3.8, 4) is 0 Å². The van der Waals surface area contributed by atoms with Crippen LogP contribution in [0.15, 0.2) is 59.2 Å². The lowest BCUT2D eigenvalue weighted by atomic mass is 10.1. The van der Waals surface area contributed by atoms with Crippen LogP contribution in [0.1, 0.15) is 35.4 Å². The van der Waals surface area contributed by atoms with E-state index in [1.54, 1.807) is 12.1 Å². The van der Waals surface area contributed by atoms with Crippen LogP contribution in [0.4, 0.5) is 5.69 Å². The van der Waals surface area contributed by atoms with Gasteiger partial charge in [-0.2, -0.15) is 0 Å². The standard InChI is InChI=1S/C19H20N2O3/c22-18(12-14-4-1-2-5-14)20-13-15-7-9-16(10-8-15)21-19(23)17-6-3-11-24-17/h1,3-4,6-11,14H,2,5,12-13H2,(H,20,22)(H,21,23)/t14-/m0/s1. The van der Waals surface area contributed by atoms with E-state index in [2.05, 4.69) is 22.8 Å². The predicted octanol–water partition coefficient (Wildman–Crippen LogP) is 3.50. The van der Waals surface area contributed by atoms with Crippen LogP contribution in [0.3, 0.4) is 0 Å². The highest BCUT2D eigenvalue weighted by Gasteiger charge is 2.13. The molecule has 0 saturated carbocycles. The van der Waals surface area contributed by atoms with Gasteiger partial charge in [0.05, 0.1) is 6.26 Å². The Morgan fingerprint density at radius 2 is 2.00 bits per heavy atom. The van der Waals surface area contributed by atoms with Crippen molar-refractivity contribution in [3.05, 3.63) is 66.1 Å². The van der Waals surface area contributed by atoms with Gasteiger partial charge >= 0.3 is 0 Å². The molecule has 1 atom stereocenters. The number of allylic oxidation sites excluding steroid dienone is 2. The van der Waals surface area contributed by atoms with E-state index in [1.165, 1.54) is 6.26 Å². The lowest BCUT2D eigenvalue weighted by Crippen LogP contribution is -2.24. The average molecular weight is 324 g/mol. The Morgan fingerprint density at radius 3 is 2.67 bits per heavy atom. The van der Waals surface area contributed by atoms with E-state index < -0.39 is 0 Å². The Bertz CT molecular complexity index is 718. The molecule has 0 fully saturated rings. The van der Waals surface area contributed by atoms with E-state index >= 15 is 0 Å². The fourth-order valence-corrected chi connectivity index (χ4v) is 2.68. The van der Waals surface area contributed by atoms with Crippen LogP contribution in [0.2, 0.25) is 0 Å². The zero-order valence-electron chi connectivity index (χ0n) is 13.3. The third kappa shape index (κ3) is 4.35. The molecule has 0 spiro atoms. The number of hydrogen-bond donors (Lipinski definition) is 2. The Balaban J connectivity index is 1.46. The summed E-state index contributed by atoms with van der Waals surface area (Å²) in [5.41, 5.74) is 1.67. The molecular weight excluding hydrogens is 304 g/mol. The Labute approximate surface area is 140 Å². The minimum Gasteiger partial charge on any atom is -0.459 e. The van der Waals surface area contributed by atoms with Crippen LogP contribution in [-0.4, -0.2) is 11.8 Å². The fourth-order valence-electron chi connectivity index (χ4n) is 2.68. The highest BCUT2D eigenvalue weighted by atomic mass is 16.3. The minimum atomic E-state index is -0.286. The van der Waals surface area contributed by atoms with E-state index in [-0.39, 0.29) is 17.6 Å². The van der Waals surface area contributed by atoms with Crippen molar-refractivity contribution in [1.82, 2.24) is 5.32 Å². The quantitative estimate of drug-likeness (QED) is 0.799. The van der Waals surface area contributed by atoms with Gasteiger partial charge in [-0.1, -0.05) is 24.3 Å². The summed E-state index contributed by atoms with van der Waals surface area (Å²) in [6.45, 7) is 0.488. The summed E-state index contributed by atoms with van der Waals surface area (Å²) >= 11 is 0. The Morgan fingerprint density at radius 1 is 1.17 bits per heavy atom. The lowest BCUT2D eigenvalue weighted by molar-refractivity contribution is -0.121. The topological polar surface area (TPSA) is 71.3 Å². The molecule has 1 aliphatic rings. The van der Waals surface area contributed by atoms with Gasteiger partial charge in [-0.25, -0.2) is 0 Å². The first-order chi connectivity index (χ1) is 11.7. The predicted molar refractivity (Wildman–Crippen MR) is 91.4 cm³/mol. The van der Waals surface area contributed by atoms with Crippen molar-refractivity contribution in [2.45, 2.75) is 25.8 Å². The molecular formula is C19H20N2O3. The molecule has 1 heterocycles. The smallest absolute Gasteiger partial charge is 0.291 e. The third-order valence-corrected chi connectivity index (χ3v) is 4.01. The minimum absolute atomic E-state index is 0.0711. The normalized spacial score (nSPS) is 16.1. The average Bonchev–Trinajstić information content (AvgIpc) is 3.28. The zero-order valence-corrected chi connectivity index (χ0v) is 13.3. The summed E-state index contributed by atoms with van der Waals surface area (Å²) in [6, 6.07) is 10.7. The van der Waals surface area contributed by atoms with Gasteiger partial charge < -0.3 is 15.1 Å². The molecule has 0 unspecified atom stereocenters. The number of furan rings is 1. The maximum Gasteiger partial charge on any atom is 0.291 e. The van der Waals surface area contributed by atoms with Crippen molar-refractivity contribution in [2.24, 2.45) is 5.92 Å². The molecule has 2 amide bonds. The van der Waals surface area contributed by atoms with Crippen LogP contribution in [0.5, 0.6) is 0 Å². The number of hydrogen-bond acceptors (Lipinski definition) is 3. The molecule has 5 heteroatoms. The first kappa shape index (κ1) is 16.1. The number of anilines is 1. The molecule has 5 nitrogen and oxygen atoms in total. The van der Waals surface area contributed by atoms with Gasteiger partial charge in [0.25, 0.3) is 5.91 Å². The van der Waals surface area contributed by atoms with Crippen molar-refractivity contribution in [3.63, 3.8) is 0 Å². The van der Waals surface area contributed by atoms with Gasteiger partial charge in [0, 0.05) is 18.7 Å². The van der Waals surface area contributed by atoms with Gasteiger partial charge in [0.2, 0.25) is 5.91 Å². The number of carbonyl (C=O) groups excluding carboxylic acids is 2. The van der Waals surface area contributed by atoms with Crippen LogP contribution in [0, 0.1) is 5.92 Å². The zero-order chi connectivity index (χ0) is 16.8. The van der Waals surface area contributed by atoms with Crippen LogP contribution in [-0.2, 0) is 11.3 Å². The van der Waals surface area contributed by atoms with E-state index in [4.69, 9.17) is 4.42 Å². The molecule has 1 aromatic heterocycles. The molecule has 3 rings (SSSR count). The summed E-state index contributed by atoms with van der Waals surface area (Å²) in [7, 11) is 0. The van der Waals surface area contributed by atoms with Gasteiger partial charge in [0.1, 0.15) is 0 Å². The van der Waals surface area contributed by atoms with Crippen LogP contribution >= 0.6 is 0 Å². The molecule has 0 saturated heterocycles. The van der Waals surface area contributed by atoms with E-state index in [9.17, 15) is 9.59 Å². The van der Waals surface area contributed by atoms with E-state index in [0.29, 0.717) is 24.6 Å². The summed E-state index contributed by atoms with van der Waals surface area (Å²) < 4.78 is 5.05. The molecule has 2 aromatic rings. The molecule has 0 radical (unpaired) electrons. The molecule has 2 N–H and O–H groups in total. The number of carbonyl (C=O) groups is 2. The van der Waals surface area contributed by atoms with Crippen molar-refractivity contribution >= 4 is 17.5 Å². The number of benzene rings is 1. The van der Waals surface area contributed by atoms with Crippen molar-refractivity contribution in [2.75, 3.05) is 5.32 Å². The summed E-state index contributed by atoms with van der Waals surface area (Å²) in [6.07, 6.45) is 8.40. The van der Waals surface area contributed by atoms with Crippen LogP contribution in [0.25, 0.3) is 0 Å². The first-order valence-electron chi connectivity index (χ1n) is 8.08. The SMILES string of the molecule is O=C(C[C@H]1C=CCC1)NCc1ccc(NC(=O)c2ccco2)cc1. The van der Waals surface area contributed by atoms with Crippen LogP contribution < -0.4 is 10.6 Å². The van der Waals surface area contributed by atoms with Gasteiger partial charge in [0.15, 0.2) is 5.76 Å². The largest absolute Gasteiger partial charge is 0.459 e. The Hall–Kier alpha value is -2.82. The van der Waals surface area contributed by atoms with E-state index in [0.717, 1.165) is 18.4 Å². The maximum atomic E-state index is 11.9. The van der Waals surface area contributed by atoms with Gasteiger partial charge in [-0.15, -0.1) is 0 Å². The molecule has 1 aliphatic carbocycles. The number of nitrogens with one attached hydrogen (secondary N) is 2.